The molecule has 1 saturated heterocycles. The first-order valence-electron chi connectivity index (χ1n) is 6.90. The zero-order valence-corrected chi connectivity index (χ0v) is 13.3. The molecule has 4 nitrogen and oxygen atoms in total. The number of hydrogen-bond acceptors (Lipinski definition) is 3. The van der Waals surface area contributed by atoms with E-state index in [1.165, 1.54) is 5.56 Å². The molecule has 0 bridgehead atoms. The molecule has 3 N–H and O–H groups in total. The van der Waals surface area contributed by atoms with Crippen molar-refractivity contribution in [1.29, 1.82) is 0 Å². The second kappa shape index (κ2) is 6.70. The third kappa shape index (κ3) is 3.59. The van der Waals surface area contributed by atoms with Crippen molar-refractivity contribution >= 4 is 21.8 Å². The SMILES string of the molecule is C[C@@H](NCC1(c2ccc(Br)cc2)CCOCC1)C(N)=O. The van der Waals surface area contributed by atoms with Gasteiger partial charge in [-0.2, -0.15) is 0 Å². The summed E-state index contributed by atoms with van der Waals surface area (Å²) in [6.45, 7) is 4.05. The molecule has 1 amide bonds. The van der Waals surface area contributed by atoms with E-state index in [1.807, 2.05) is 0 Å². The molecule has 0 radical (unpaired) electrons. The van der Waals surface area contributed by atoms with Crippen LogP contribution in [0.25, 0.3) is 0 Å². The quantitative estimate of drug-likeness (QED) is 0.861. The molecule has 110 valence electrons. The van der Waals surface area contributed by atoms with Gasteiger partial charge in [0.2, 0.25) is 5.91 Å². The fraction of sp³-hybridized carbons (Fsp3) is 0.533. The maximum atomic E-state index is 11.2. The number of nitrogens with one attached hydrogen (secondary N) is 1. The van der Waals surface area contributed by atoms with Crippen molar-refractivity contribution in [3.05, 3.63) is 34.3 Å². The van der Waals surface area contributed by atoms with Gasteiger partial charge in [0, 0.05) is 29.6 Å². The highest BCUT2D eigenvalue weighted by Crippen LogP contribution is 2.35. The average molecular weight is 341 g/mol. The smallest absolute Gasteiger partial charge is 0.234 e. The Hall–Kier alpha value is -0.910. The van der Waals surface area contributed by atoms with Crippen LogP contribution in [-0.4, -0.2) is 31.7 Å². The highest BCUT2D eigenvalue weighted by atomic mass is 79.9. The van der Waals surface area contributed by atoms with Crippen LogP contribution < -0.4 is 11.1 Å². The van der Waals surface area contributed by atoms with Crippen LogP contribution in [0.3, 0.4) is 0 Å². The summed E-state index contributed by atoms with van der Waals surface area (Å²) in [6, 6.07) is 8.09. The molecule has 0 spiro atoms. The predicted molar refractivity (Wildman–Crippen MR) is 82.5 cm³/mol. The fourth-order valence-electron chi connectivity index (χ4n) is 2.58. The number of carbonyl (C=O) groups is 1. The van der Waals surface area contributed by atoms with Crippen LogP contribution in [0.2, 0.25) is 0 Å². The number of rotatable bonds is 5. The van der Waals surface area contributed by atoms with E-state index in [-0.39, 0.29) is 17.4 Å². The summed E-state index contributed by atoms with van der Waals surface area (Å²) in [5.41, 5.74) is 6.62. The molecule has 0 saturated carbocycles. The molecule has 20 heavy (non-hydrogen) atoms. The summed E-state index contributed by atoms with van der Waals surface area (Å²) in [7, 11) is 0. The summed E-state index contributed by atoms with van der Waals surface area (Å²) < 4.78 is 6.57. The van der Waals surface area contributed by atoms with Gasteiger partial charge in [0.1, 0.15) is 0 Å². The Morgan fingerprint density at radius 2 is 2.00 bits per heavy atom. The Labute approximate surface area is 128 Å². The number of nitrogens with two attached hydrogens (primary N) is 1. The lowest BCUT2D eigenvalue weighted by molar-refractivity contribution is -0.119. The first kappa shape index (κ1) is 15.5. The van der Waals surface area contributed by atoms with E-state index < -0.39 is 0 Å². The number of halogens is 1. The second-order valence-electron chi connectivity index (χ2n) is 5.40. The number of carbonyl (C=O) groups excluding carboxylic acids is 1. The molecule has 1 aromatic carbocycles. The summed E-state index contributed by atoms with van der Waals surface area (Å²) in [5.74, 6) is -0.317. The maximum Gasteiger partial charge on any atom is 0.234 e. The summed E-state index contributed by atoms with van der Waals surface area (Å²) in [4.78, 5) is 11.2. The normalized spacial score (nSPS) is 19.5. The molecule has 1 atom stereocenters. The Bertz CT molecular complexity index is 455. The topological polar surface area (TPSA) is 64.3 Å². The monoisotopic (exact) mass is 340 g/mol. The van der Waals surface area contributed by atoms with Gasteiger partial charge < -0.3 is 15.8 Å². The van der Waals surface area contributed by atoms with Crippen LogP contribution in [0, 0.1) is 0 Å². The molecule has 5 heteroatoms. The predicted octanol–water partition coefficient (Wildman–Crippen LogP) is 1.96. The first-order valence-corrected chi connectivity index (χ1v) is 7.69. The second-order valence-corrected chi connectivity index (χ2v) is 6.32. The molecule has 1 heterocycles. The van der Waals surface area contributed by atoms with Gasteiger partial charge in [0.25, 0.3) is 0 Å². The van der Waals surface area contributed by atoms with Gasteiger partial charge in [0.15, 0.2) is 0 Å². The van der Waals surface area contributed by atoms with Gasteiger partial charge in [-0.05, 0) is 37.5 Å². The zero-order valence-electron chi connectivity index (χ0n) is 11.7. The highest BCUT2D eigenvalue weighted by Gasteiger charge is 2.34. The third-order valence-electron chi connectivity index (χ3n) is 4.08. The number of benzene rings is 1. The van der Waals surface area contributed by atoms with E-state index >= 15 is 0 Å². The van der Waals surface area contributed by atoms with Gasteiger partial charge in [-0.15, -0.1) is 0 Å². The lowest BCUT2D eigenvalue weighted by atomic mass is 9.74. The minimum atomic E-state index is -0.317. The fourth-order valence-corrected chi connectivity index (χ4v) is 2.85. The van der Waals surface area contributed by atoms with Crippen LogP contribution in [0.15, 0.2) is 28.7 Å². The van der Waals surface area contributed by atoms with E-state index in [0.717, 1.165) is 37.1 Å². The van der Waals surface area contributed by atoms with Gasteiger partial charge in [-0.1, -0.05) is 28.1 Å². The van der Waals surface area contributed by atoms with Crippen LogP contribution in [0.1, 0.15) is 25.3 Å². The molecule has 1 fully saturated rings. The summed E-state index contributed by atoms with van der Waals surface area (Å²) in [6.07, 6.45) is 1.90. The molecule has 0 aliphatic carbocycles. The molecule has 0 aromatic heterocycles. The van der Waals surface area contributed by atoms with Crippen LogP contribution >= 0.6 is 15.9 Å². The summed E-state index contributed by atoms with van der Waals surface area (Å²) in [5, 5.41) is 3.26. The van der Waals surface area contributed by atoms with E-state index in [9.17, 15) is 4.79 Å². The molecule has 1 aliphatic rings. The number of primary amides is 1. The van der Waals surface area contributed by atoms with Crippen molar-refractivity contribution in [3.8, 4) is 0 Å². The molecule has 2 rings (SSSR count). The molecule has 1 aliphatic heterocycles. The Balaban J connectivity index is 2.17. The molecular formula is C15H21BrN2O2. The van der Waals surface area contributed by atoms with Crippen molar-refractivity contribution in [1.82, 2.24) is 5.32 Å². The number of ether oxygens (including phenoxy) is 1. The highest BCUT2D eigenvalue weighted by molar-refractivity contribution is 9.10. The van der Waals surface area contributed by atoms with Gasteiger partial charge >= 0.3 is 0 Å². The average Bonchev–Trinajstić information content (AvgIpc) is 2.46. The van der Waals surface area contributed by atoms with E-state index in [2.05, 4.69) is 45.5 Å². The van der Waals surface area contributed by atoms with E-state index in [1.54, 1.807) is 6.92 Å². The zero-order chi connectivity index (χ0) is 14.6. The minimum Gasteiger partial charge on any atom is -0.381 e. The van der Waals surface area contributed by atoms with Crippen LogP contribution in [0.4, 0.5) is 0 Å². The third-order valence-corrected chi connectivity index (χ3v) is 4.61. The van der Waals surface area contributed by atoms with Crippen molar-refractivity contribution in [2.45, 2.75) is 31.2 Å². The van der Waals surface area contributed by atoms with Crippen molar-refractivity contribution in [2.75, 3.05) is 19.8 Å². The molecular weight excluding hydrogens is 320 g/mol. The molecule has 1 aromatic rings. The summed E-state index contributed by atoms with van der Waals surface area (Å²) >= 11 is 3.47. The van der Waals surface area contributed by atoms with E-state index in [0.29, 0.717) is 0 Å². The Kier molecular flexibility index (Phi) is 5.18. The molecule has 0 unspecified atom stereocenters. The van der Waals surface area contributed by atoms with Crippen molar-refractivity contribution < 1.29 is 9.53 Å². The van der Waals surface area contributed by atoms with Gasteiger partial charge in [-0.3, -0.25) is 4.79 Å². The van der Waals surface area contributed by atoms with Crippen molar-refractivity contribution in [2.24, 2.45) is 5.73 Å². The lowest BCUT2D eigenvalue weighted by Gasteiger charge is -2.38. The Morgan fingerprint density at radius 3 is 2.55 bits per heavy atom. The van der Waals surface area contributed by atoms with Crippen LogP contribution in [-0.2, 0) is 14.9 Å². The first-order chi connectivity index (χ1) is 9.53. The van der Waals surface area contributed by atoms with Crippen LogP contribution in [0.5, 0.6) is 0 Å². The largest absolute Gasteiger partial charge is 0.381 e. The minimum absolute atomic E-state index is 0.0165. The lowest BCUT2D eigenvalue weighted by Crippen LogP contribution is -2.48. The van der Waals surface area contributed by atoms with E-state index in [4.69, 9.17) is 10.5 Å². The van der Waals surface area contributed by atoms with Gasteiger partial charge in [-0.25, -0.2) is 0 Å². The Morgan fingerprint density at radius 1 is 1.40 bits per heavy atom. The number of amides is 1. The number of hydrogen-bond donors (Lipinski definition) is 2. The van der Waals surface area contributed by atoms with Crippen molar-refractivity contribution in [3.63, 3.8) is 0 Å². The maximum absolute atomic E-state index is 11.2. The standard InChI is InChI=1S/C15H21BrN2O2/c1-11(14(17)19)18-10-15(6-8-20-9-7-15)12-2-4-13(16)5-3-12/h2-5,11,18H,6-10H2,1H3,(H2,17,19)/t11-/m1/s1. The van der Waals surface area contributed by atoms with Gasteiger partial charge in [0.05, 0.1) is 6.04 Å².